The van der Waals surface area contributed by atoms with Crippen molar-refractivity contribution in [1.29, 1.82) is 5.26 Å². The third-order valence-electron chi connectivity index (χ3n) is 6.43. The summed E-state index contributed by atoms with van der Waals surface area (Å²) in [5.74, 6) is 0.482. The second-order valence-electron chi connectivity index (χ2n) is 10.4. The van der Waals surface area contributed by atoms with Crippen molar-refractivity contribution < 1.29 is 14.3 Å². The molecule has 2 heterocycles. The van der Waals surface area contributed by atoms with Crippen LogP contribution in [0.4, 0.5) is 17.3 Å². The third kappa shape index (κ3) is 5.73. The number of benzene rings is 1. The lowest BCUT2D eigenvalue weighted by atomic mass is 9.82. The summed E-state index contributed by atoms with van der Waals surface area (Å²) in [6.07, 6.45) is 4.17. The van der Waals surface area contributed by atoms with Crippen LogP contribution >= 0.6 is 0 Å². The van der Waals surface area contributed by atoms with Crippen LogP contribution in [0.25, 0.3) is 0 Å². The number of pyridine rings is 1. The van der Waals surface area contributed by atoms with Crippen LogP contribution < -0.4 is 16.0 Å². The zero-order valence-corrected chi connectivity index (χ0v) is 20.8. The van der Waals surface area contributed by atoms with Crippen LogP contribution in [-0.2, 0) is 16.1 Å². The number of ether oxygens (including phenoxy) is 1. The molecule has 1 aromatic heterocycles. The standard InChI is InChI=1S/C27H33N5O3/c1-16-8-7-10-18(12-16)30-25-23-20(15-29-26(23)34)19(14-28)24(32-25)31-21-11-6-5-9-17(21)13-22(33)35-27(2,3)4/h7-8,10,12,17,21H,5-6,9,11,13,15H2,1-4H3,(H,29,34)(H2,30,31,32)/t17-,21-/m1/s1. The fraction of sp³-hybridized carbons (Fsp3) is 0.481. The number of fused-ring (bicyclic) bond motifs is 1. The number of aryl methyl sites for hydroxylation is 1. The Balaban J connectivity index is 1.65. The first-order valence-corrected chi connectivity index (χ1v) is 12.2. The van der Waals surface area contributed by atoms with E-state index in [-0.39, 0.29) is 30.4 Å². The van der Waals surface area contributed by atoms with E-state index < -0.39 is 5.60 Å². The van der Waals surface area contributed by atoms with Crippen molar-refractivity contribution in [2.24, 2.45) is 5.92 Å². The molecule has 2 aromatic rings. The number of nitriles is 1. The van der Waals surface area contributed by atoms with Crippen LogP contribution in [0, 0.1) is 24.2 Å². The number of amides is 1. The van der Waals surface area contributed by atoms with Crippen LogP contribution in [-0.4, -0.2) is 28.5 Å². The van der Waals surface area contributed by atoms with E-state index in [1.54, 1.807) is 0 Å². The van der Waals surface area contributed by atoms with Crippen LogP contribution in [0.1, 0.15) is 79.9 Å². The maximum atomic E-state index is 12.6. The van der Waals surface area contributed by atoms with Crippen molar-refractivity contribution in [2.45, 2.75) is 78.0 Å². The first-order chi connectivity index (χ1) is 16.6. The number of nitrogens with one attached hydrogen (secondary N) is 3. The predicted octanol–water partition coefficient (Wildman–Crippen LogP) is 4.95. The van der Waals surface area contributed by atoms with Gasteiger partial charge < -0.3 is 20.7 Å². The van der Waals surface area contributed by atoms with Crippen molar-refractivity contribution in [3.63, 3.8) is 0 Å². The Morgan fingerprint density at radius 1 is 1.26 bits per heavy atom. The molecule has 1 aromatic carbocycles. The molecule has 1 saturated carbocycles. The molecule has 0 saturated heterocycles. The zero-order valence-electron chi connectivity index (χ0n) is 20.8. The lowest BCUT2D eigenvalue weighted by molar-refractivity contribution is -0.156. The smallest absolute Gasteiger partial charge is 0.306 e. The van der Waals surface area contributed by atoms with Gasteiger partial charge in [-0.05, 0) is 64.2 Å². The van der Waals surface area contributed by atoms with E-state index in [4.69, 9.17) is 9.72 Å². The van der Waals surface area contributed by atoms with Crippen LogP contribution in [0.15, 0.2) is 24.3 Å². The molecule has 184 valence electrons. The molecule has 8 heteroatoms. The topological polar surface area (TPSA) is 116 Å². The van der Waals surface area contributed by atoms with Gasteiger partial charge in [0.25, 0.3) is 5.91 Å². The summed E-state index contributed by atoms with van der Waals surface area (Å²) < 4.78 is 5.56. The number of anilines is 3. The first kappa shape index (κ1) is 24.5. The van der Waals surface area contributed by atoms with Crippen molar-refractivity contribution in [1.82, 2.24) is 10.3 Å². The Morgan fingerprint density at radius 3 is 2.74 bits per heavy atom. The summed E-state index contributed by atoms with van der Waals surface area (Å²) in [5, 5.41) is 19.6. The number of carbonyl (C=O) groups excluding carboxylic acids is 2. The highest BCUT2D eigenvalue weighted by Crippen LogP contribution is 2.35. The van der Waals surface area contributed by atoms with Gasteiger partial charge in [0.1, 0.15) is 28.9 Å². The Morgan fingerprint density at radius 2 is 2.03 bits per heavy atom. The van der Waals surface area contributed by atoms with Gasteiger partial charge >= 0.3 is 5.97 Å². The zero-order chi connectivity index (χ0) is 25.2. The molecular formula is C27H33N5O3. The molecule has 8 nitrogen and oxygen atoms in total. The van der Waals surface area contributed by atoms with Crippen LogP contribution in [0.2, 0.25) is 0 Å². The van der Waals surface area contributed by atoms with Gasteiger partial charge in [0.05, 0.1) is 12.0 Å². The van der Waals surface area contributed by atoms with Gasteiger partial charge in [0.2, 0.25) is 0 Å². The largest absolute Gasteiger partial charge is 0.460 e. The second-order valence-corrected chi connectivity index (χ2v) is 10.4. The predicted molar refractivity (Wildman–Crippen MR) is 134 cm³/mol. The minimum Gasteiger partial charge on any atom is -0.460 e. The molecule has 1 aliphatic heterocycles. The van der Waals surface area contributed by atoms with Crippen LogP contribution in [0.5, 0.6) is 0 Å². The quantitative estimate of drug-likeness (QED) is 0.506. The number of rotatable bonds is 6. The van der Waals surface area contributed by atoms with Gasteiger partial charge in [0.15, 0.2) is 0 Å². The summed E-state index contributed by atoms with van der Waals surface area (Å²) in [4.78, 5) is 29.9. The summed E-state index contributed by atoms with van der Waals surface area (Å²) in [5.41, 5.74) is 2.79. The number of hydrogen-bond acceptors (Lipinski definition) is 7. The average Bonchev–Trinajstić information content (AvgIpc) is 3.16. The number of hydrogen-bond donors (Lipinski definition) is 3. The Kier molecular flexibility index (Phi) is 6.97. The Bertz CT molecular complexity index is 1180. The molecule has 0 unspecified atom stereocenters. The van der Waals surface area contributed by atoms with E-state index in [9.17, 15) is 14.9 Å². The van der Waals surface area contributed by atoms with Gasteiger partial charge in [0, 0.05) is 23.8 Å². The van der Waals surface area contributed by atoms with Crippen molar-refractivity contribution >= 4 is 29.2 Å². The Hall–Kier alpha value is -3.60. The number of carbonyl (C=O) groups is 2. The summed E-state index contributed by atoms with van der Waals surface area (Å²) in [6, 6.07) is 10.1. The molecule has 0 bridgehead atoms. The highest BCUT2D eigenvalue weighted by molar-refractivity contribution is 6.04. The van der Waals surface area contributed by atoms with E-state index in [0.29, 0.717) is 34.7 Å². The van der Waals surface area contributed by atoms with E-state index in [2.05, 4.69) is 22.0 Å². The molecule has 2 atom stereocenters. The van der Waals surface area contributed by atoms with E-state index in [1.807, 2.05) is 52.0 Å². The van der Waals surface area contributed by atoms with E-state index >= 15 is 0 Å². The van der Waals surface area contributed by atoms with E-state index in [0.717, 1.165) is 36.9 Å². The molecule has 35 heavy (non-hydrogen) atoms. The maximum Gasteiger partial charge on any atom is 0.306 e. The molecule has 3 N–H and O–H groups in total. The molecule has 2 aliphatic rings. The highest BCUT2D eigenvalue weighted by Gasteiger charge is 2.33. The first-order valence-electron chi connectivity index (χ1n) is 12.2. The third-order valence-corrected chi connectivity index (χ3v) is 6.43. The SMILES string of the molecule is Cc1cccc(Nc2nc(N[C@@H]3CCCC[C@@H]3CC(=O)OC(C)(C)C)c(C#N)c3c2C(=O)NC3)c1. The van der Waals surface area contributed by atoms with E-state index in [1.165, 1.54) is 0 Å². The second kappa shape index (κ2) is 9.95. The minimum absolute atomic E-state index is 0.0224. The molecule has 4 rings (SSSR count). The molecule has 0 radical (unpaired) electrons. The normalized spacial score (nSPS) is 19.3. The van der Waals surface area contributed by atoms with Gasteiger partial charge in [-0.15, -0.1) is 0 Å². The molecule has 1 fully saturated rings. The van der Waals surface area contributed by atoms with Gasteiger partial charge in [-0.2, -0.15) is 5.26 Å². The monoisotopic (exact) mass is 475 g/mol. The lowest BCUT2D eigenvalue weighted by Gasteiger charge is -2.33. The molecule has 0 spiro atoms. The van der Waals surface area contributed by atoms with Gasteiger partial charge in [-0.3, -0.25) is 9.59 Å². The summed E-state index contributed by atoms with van der Waals surface area (Å²) in [7, 11) is 0. The van der Waals surface area contributed by atoms with Crippen molar-refractivity contribution in [2.75, 3.05) is 10.6 Å². The minimum atomic E-state index is -0.528. The number of aromatic nitrogens is 1. The number of esters is 1. The van der Waals surface area contributed by atoms with Crippen molar-refractivity contribution in [3.05, 3.63) is 46.5 Å². The van der Waals surface area contributed by atoms with Crippen LogP contribution in [0.3, 0.4) is 0 Å². The van der Waals surface area contributed by atoms with Gasteiger partial charge in [-0.25, -0.2) is 4.98 Å². The number of nitrogens with zero attached hydrogens (tertiary/aromatic N) is 2. The Labute approximate surface area is 206 Å². The fourth-order valence-corrected chi connectivity index (χ4v) is 4.90. The van der Waals surface area contributed by atoms with Gasteiger partial charge in [-0.1, -0.05) is 25.0 Å². The highest BCUT2D eigenvalue weighted by atomic mass is 16.6. The lowest BCUT2D eigenvalue weighted by Crippen LogP contribution is -2.36. The fourth-order valence-electron chi connectivity index (χ4n) is 4.90. The molecule has 1 amide bonds. The maximum absolute atomic E-state index is 12.6. The average molecular weight is 476 g/mol. The summed E-state index contributed by atoms with van der Waals surface area (Å²) in [6.45, 7) is 7.88. The molecule has 1 aliphatic carbocycles. The van der Waals surface area contributed by atoms with Crippen molar-refractivity contribution in [3.8, 4) is 6.07 Å². The molecular weight excluding hydrogens is 442 g/mol. The summed E-state index contributed by atoms with van der Waals surface area (Å²) >= 11 is 0.